The summed E-state index contributed by atoms with van der Waals surface area (Å²) in [4.78, 5) is 11.1. The molecule has 0 saturated heterocycles. The molecule has 4 heterocycles. The van der Waals surface area contributed by atoms with Crippen LogP contribution in [0.1, 0.15) is 0 Å². The minimum absolute atomic E-state index is 0.803. The average Bonchev–Trinajstić information content (AvgIpc) is 3.85. The molecule has 0 atom stereocenters. The van der Waals surface area contributed by atoms with Gasteiger partial charge in [-0.2, -0.15) is 0 Å². The van der Waals surface area contributed by atoms with Gasteiger partial charge in [-0.05, 0) is 82.6 Å². The molecule has 1 aliphatic carbocycles. The van der Waals surface area contributed by atoms with Gasteiger partial charge in [0.25, 0.3) is 0 Å². The van der Waals surface area contributed by atoms with Gasteiger partial charge in [-0.1, -0.05) is 97.1 Å². The van der Waals surface area contributed by atoms with Crippen molar-refractivity contribution in [3.63, 3.8) is 0 Å². The van der Waals surface area contributed by atoms with Crippen LogP contribution in [0.25, 0.3) is 121 Å². The van der Waals surface area contributed by atoms with Crippen molar-refractivity contribution in [3.8, 4) is 33.9 Å². The Hall–Kier alpha value is -7.24. The fourth-order valence-corrected chi connectivity index (χ4v) is 9.35. The van der Waals surface area contributed by atoms with Crippen LogP contribution in [-0.4, -0.2) is 19.1 Å². The minimum atomic E-state index is 0.803. The van der Waals surface area contributed by atoms with Crippen molar-refractivity contribution in [2.75, 3.05) is 0 Å². The first-order valence-electron chi connectivity index (χ1n) is 18.0. The van der Waals surface area contributed by atoms with Crippen LogP contribution >= 0.6 is 0 Å². The predicted molar refractivity (Wildman–Crippen MR) is 217 cm³/mol. The summed E-state index contributed by atoms with van der Waals surface area (Å²) in [5, 5.41) is 9.54. The number of rotatable bonds is 3. The minimum Gasteiger partial charge on any atom is -0.456 e. The summed E-state index contributed by atoms with van der Waals surface area (Å²) in [5.41, 5.74) is 13.4. The predicted octanol–water partition coefficient (Wildman–Crippen LogP) is 12.5. The molecule has 0 aliphatic heterocycles. The van der Waals surface area contributed by atoms with Gasteiger partial charge in [0, 0.05) is 43.6 Å². The highest BCUT2D eigenvalue weighted by Crippen LogP contribution is 2.51. The standard InChI is InChI=1S/C48H26N4O/c1-2-12-28(13-3-1)51-35-20-7-4-14-31(35)42-32(17-9-21-36(42)51)47-48(50-34-19-6-5-18-33(34)49-47)52-37-24-23-27-11-8-15-29-30-16-10-22-39-43(30)46-40(53-39)26-25-38(52)45(46)44(37)41(27)29/h1-26H. The molecular weight excluding hydrogens is 649 g/mol. The number of aromatic nitrogens is 4. The number of nitrogens with zero attached hydrogens (tertiary/aromatic N) is 4. The molecule has 1 aliphatic rings. The first-order valence-corrected chi connectivity index (χ1v) is 18.0. The van der Waals surface area contributed by atoms with Gasteiger partial charge in [0.1, 0.15) is 16.9 Å². The van der Waals surface area contributed by atoms with Crippen molar-refractivity contribution in [3.05, 3.63) is 158 Å². The highest BCUT2D eigenvalue weighted by atomic mass is 16.3. The summed E-state index contributed by atoms with van der Waals surface area (Å²) in [6.07, 6.45) is 0. The fourth-order valence-electron chi connectivity index (χ4n) is 9.35. The Bertz CT molecular complexity index is 3570. The quantitative estimate of drug-likeness (QED) is 0.187. The molecule has 13 rings (SSSR count). The summed E-state index contributed by atoms with van der Waals surface area (Å²) in [6, 6.07) is 56.1. The van der Waals surface area contributed by atoms with E-state index in [1.807, 2.05) is 12.1 Å². The summed E-state index contributed by atoms with van der Waals surface area (Å²) in [6.45, 7) is 0. The Morgan fingerprint density at radius 2 is 1.02 bits per heavy atom. The first kappa shape index (κ1) is 27.5. The SMILES string of the molecule is c1ccc(-n2c3ccccc3c3c(-c4nc5ccccc5nc4-n4c5ccc6cccc7c6c5c5c6c(ccc54)oc4cccc-7c46)cccc32)cc1. The monoisotopic (exact) mass is 674 g/mol. The lowest BCUT2D eigenvalue weighted by Crippen LogP contribution is -2.04. The smallest absolute Gasteiger partial charge is 0.165 e. The van der Waals surface area contributed by atoms with Crippen LogP contribution in [0, 0.1) is 0 Å². The Morgan fingerprint density at radius 1 is 0.377 bits per heavy atom. The summed E-state index contributed by atoms with van der Waals surface area (Å²) in [5.74, 6) is 0.803. The number of para-hydroxylation sites is 4. The molecule has 8 aromatic carbocycles. The highest BCUT2D eigenvalue weighted by Gasteiger charge is 2.28. The molecule has 53 heavy (non-hydrogen) atoms. The summed E-state index contributed by atoms with van der Waals surface area (Å²) >= 11 is 0. The van der Waals surface area contributed by atoms with E-state index < -0.39 is 0 Å². The number of hydrogen-bond acceptors (Lipinski definition) is 3. The molecule has 244 valence electrons. The zero-order valence-corrected chi connectivity index (χ0v) is 28.2. The van der Waals surface area contributed by atoms with Crippen LogP contribution in [0.15, 0.2) is 162 Å². The zero-order chi connectivity index (χ0) is 34.4. The van der Waals surface area contributed by atoms with E-state index in [9.17, 15) is 0 Å². The lowest BCUT2D eigenvalue weighted by molar-refractivity contribution is 0.669. The molecule has 12 aromatic rings. The van der Waals surface area contributed by atoms with Crippen LogP contribution in [-0.2, 0) is 0 Å². The Labute approximate surface area is 301 Å². The van der Waals surface area contributed by atoms with E-state index in [1.54, 1.807) is 0 Å². The zero-order valence-electron chi connectivity index (χ0n) is 28.2. The largest absolute Gasteiger partial charge is 0.456 e. The molecule has 0 bridgehead atoms. The van der Waals surface area contributed by atoms with Crippen molar-refractivity contribution in [2.45, 2.75) is 0 Å². The Kier molecular flexibility index (Phi) is 5.06. The Balaban J connectivity index is 1.23. The molecule has 0 amide bonds. The van der Waals surface area contributed by atoms with Gasteiger partial charge < -0.3 is 8.98 Å². The molecule has 4 aromatic heterocycles. The molecule has 0 unspecified atom stereocenters. The van der Waals surface area contributed by atoms with Crippen LogP contribution < -0.4 is 0 Å². The molecule has 0 spiro atoms. The topological polar surface area (TPSA) is 48.8 Å². The molecule has 5 heteroatoms. The normalized spacial score (nSPS) is 12.5. The van der Waals surface area contributed by atoms with Crippen molar-refractivity contribution in [1.29, 1.82) is 0 Å². The van der Waals surface area contributed by atoms with E-state index in [4.69, 9.17) is 14.4 Å². The van der Waals surface area contributed by atoms with Crippen LogP contribution in [0.3, 0.4) is 0 Å². The second-order valence-electron chi connectivity index (χ2n) is 14.1. The van der Waals surface area contributed by atoms with Gasteiger partial charge in [-0.25, -0.2) is 9.97 Å². The van der Waals surface area contributed by atoms with Gasteiger partial charge in [0.2, 0.25) is 0 Å². The van der Waals surface area contributed by atoms with Gasteiger partial charge in [0.05, 0.1) is 33.1 Å². The number of furan rings is 1. The van der Waals surface area contributed by atoms with E-state index >= 15 is 0 Å². The third-order valence-electron chi connectivity index (χ3n) is 11.4. The van der Waals surface area contributed by atoms with E-state index in [1.165, 1.54) is 43.4 Å². The number of benzene rings is 8. The third kappa shape index (κ3) is 3.42. The maximum absolute atomic E-state index is 6.57. The van der Waals surface area contributed by atoms with Crippen molar-refractivity contribution in [1.82, 2.24) is 19.1 Å². The third-order valence-corrected chi connectivity index (χ3v) is 11.4. The van der Waals surface area contributed by atoms with Crippen molar-refractivity contribution >= 4 is 87.4 Å². The van der Waals surface area contributed by atoms with Crippen molar-refractivity contribution < 1.29 is 4.42 Å². The maximum Gasteiger partial charge on any atom is 0.165 e. The molecular formula is C48H26N4O. The van der Waals surface area contributed by atoms with Crippen molar-refractivity contribution in [2.24, 2.45) is 0 Å². The molecule has 0 N–H and O–H groups in total. The van der Waals surface area contributed by atoms with Gasteiger partial charge in [-0.15, -0.1) is 0 Å². The van der Waals surface area contributed by atoms with E-state index in [0.29, 0.717) is 0 Å². The summed E-state index contributed by atoms with van der Waals surface area (Å²) in [7, 11) is 0. The molecule has 0 fully saturated rings. The van der Waals surface area contributed by atoms with Crippen LogP contribution in [0.2, 0.25) is 0 Å². The second kappa shape index (κ2) is 9.75. The molecule has 5 nitrogen and oxygen atoms in total. The average molecular weight is 675 g/mol. The highest BCUT2D eigenvalue weighted by molar-refractivity contribution is 6.38. The first-order chi connectivity index (χ1) is 26.3. The lowest BCUT2D eigenvalue weighted by atomic mass is 9.95. The van der Waals surface area contributed by atoms with E-state index in [0.717, 1.165) is 77.8 Å². The second-order valence-corrected chi connectivity index (χ2v) is 14.1. The van der Waals surface area contributed by atoms with Crippen LogP contribution in [0.4, 0.5) is 0 Å². The molecule has 0 radical (unpaired) electrons. The molecule has 0 saturated carbocycles. The fraction of sp³-hybridized carbons (Fsp3) is 0. The van der Waals surface area contributed by atoms with Gasteiger partial charge in [0.15, 0.2) is 5.82 Å². The summed E-state index contributed by atoms with van der Waals surface area (Å²) < 4.78 is 11.3. The van der Waals surface area contributed by atoms with Gasteiger partial charge in [-0.3, -0.25) is 4.57 Å². The number of fused-ring (bicyclic) bond motifs is 5. The van der Waals surface area contributed by atoms with Crippen LogP contribution in [0.5, 0.6) is 0 Å². The van der Waals surface area contributed by atoms with Gasteiger partial charge >= 0.3 is 0 Å². The lowest BCUT2D eigenvalue weighted by Gasteiger charge is -2.15. The van der Waals surface area contributed by atoms with E-state index in [-0.39, 0.29) is 0 Å². The number of hydrogen-bond donors (Lipinski definition) is 0. The van der Waals surface area contributed by atoms with E-state index in [2.05, 4.69) is 155 Å². The maximum atomic E-state index is 6.57. The Morgan fingerprint density at radius 3 is 1.91 bits per heavy atom.